The van der Waals surface area contributed by atoms with Crippen LogP contribution >= 0.6 is 12.2 Å². The van der Waals surface area contributed by atoms with E-state index in [1.165, 1.54) is 11.1 Å². The van der Waals surface area contributed by atoms with Crippen molar-refractivity contribution in [2.24, 2.45) is 0 Å². The second-order valence-corrected chi connectivity index (χ2v) is 5.31. The first kappa shape index (κ1) is 14.5. The molecule has 2 rings (SSSR count). The van der Waals surface area contributed by atoms with Crippen molar-refractivity contribution in [3.63, 3.8) is 0 Å². The molecular weight excluding hydrogens is 264 g/mol. The SMILES string of the molecule is C[C@H](Cc1ccccc1)NC(=S)NCc1ccccc1. The summed E-state index contributed by atoms with van der Waals surface area (Å²) in [7, 11) is 0. The van der Waals surface area contributed by atoms with Crippen LogP contribution in [-0.4, -0.2) is 11.2 Å². The van der Waals surface area contributed by atoms with Gasteiger partial charge in [-0.3, -0.25) is 0 Å². The van der Waals surface area contributed by atoms with Gasteiger partial charge in [-0.15, -0.1) is 0 Å². The third-order valence-corrected chi connectivity index (χ3v) is 3.32. The maximum absolute atomic E-state index is 5.32. The fraction of sp³-hybridized carbons (Fsp3) is 0.235. The van der Waals surface area contributed by atoms with Gasteiger partial charge in [0.2, 0.25) is 0 Å². The Morgan fingerprint density at radius 2 is 1.50 bits per heavy atom. The molecule has 0 saturated heterocycles. The van der Waals surface area contributed by atoms with E-state index in [9.17, 15) is 0 Å². The Morgan fingerprint density at radius 3 is 2.10 bits per heavy atom. The van der Waals surface area contributed by atoms with Crippen molar-refractivity contribution in [3.05, 3.63) is 71.8 Å². The Labute approximate surface area is 126 Å². The molecular formula is C17H20N2S. The van der Waals surface area contributed by atoms with Gasteiger partial charge >= 0.3 is 0 Å². The average molecular weight is 284 g/mol. The van der Waals surface area contributed by atoms with Crippen LogP contribution in [0.3, 0.4) is 0 Å². The molecule has 0 spiro atoms. The number of hydrogen-bond acceptors (Lipinski definition) is 1. The van der Waals surface area contributed by atoms with E-state index in [0.29, 0.717) is 11.2 Å². The Hall–Kier alpha value is -1.87. The van der Waals surface area contributed by atoms with Crippen LogP contribution in [-0.2, 0) is 13.0 Å². The van der Waals surface area contributed by atoms with Crippen molar-refractivity contribution in [2.75, 3.05) is 0 Å². The van der Waals surface area contributed by atoms with Crippen molar-refractivity contribution in [1.82, 2.24) is 10.6 Å². The molecule has 0 saturated carbocycles. The molecule has 0 fully saturated rings. The second-order valence-electron chi connectivity index (χ2n) is 4.90. The van der Waals surface area contributed by atoms with Crippen LogP contribution in [0.4, 0.5) is 0 Å². The van der Waals surface area contributed by atoms with Crippen molar-refractivity contribution in [3.8, 4) is 0 Å². The van der Waals surface area contributed by atoms with Crippen molar-refractivity contribution in [1.29, 1.82) is 0 Å². The highest BCUT2D eigenvalue weighted by Crippen LogP contribution is 2.02. The van der Waals surface area contributed by atoms with Crippen molar-refractivity contribution in [2.45, 2.75) is 25.9 Å². The van der Waals surface area contributed by atoms with Crippen LogP contribution in [0.5, 0.6) is 0 Å². The maximum Gasteiger partial charge on any atom is 0.166 e. The van der Waals surface area contributed by atoms with Gasteiger partial charge in [0.1, 0.15) is 0 Å². The Morgan fingerprint density at radius 1 is 0.950 bits per heavy atom. The lowest BCUT2D eigenvalue weighted by Crippen LogP contribution is -2.41. The first-order valence-corrected chi connectivity index (χ1v) is 7.27. The number of thiocarbonyl (C=S) groups is 1. The highest BCUT2D eigenvalue weighted by Gasteiger charge is 2.04. The largest absolute Gasteiger partial charge is 0.360 e. The molecule has 0 aliphatic heterocycles. The van der Waals surface area contributed by atoms with E-state index in [4.69, 9.17) is 12.2 Å². The molecule has 104 valence electrons. The van der Waals surface area contributed by atoms with E-state index in [1.807, 2.05) is 24.3 Å². The van der Waals surface area contributed by atoms with Crippen molar-refractivity contribution >= 4 is 17.3 Å². The second kappa shape index (κ2) is 7.65. The third-order valence-electron chi connectivity index (χ3n) is 3.06. The lowest BCUT2D eigenvalue weighted by atomic mass is 10.1. The molecule has 0 aromatic heterocycles. The van der Waals surface area contributed by atoms with E-state index < -0.39 is 0 Å². The van der Waals surface area contributed by atoms with Crippen LogP contribution in [0.2, 0.25) is 0 Å². The summed E-state index contributed by atoms with van der Waals surface area (Å²) in [6.45, 7) is 2.90. The number of hydrogen-bond donors (Lipinski definition) is 2. The molecule has 0 bridgehead atoms. The molecule has 0 aliphatic rings. The molecule has 3 heteroatoms. The van der Waals surface area contributed by atoms with E-state index >= 15 is 0 Å². The summed E-state index contributed by atoms with van der Waals surface area (Å²) >= 11 is 5.32. The molecule has 20 heavy (non-hydrogen) atoms. The summed E-state index contributed by atoms with van der Waals surface area (Å²) in [4.78, 5) is 0. The molecule has 0 heterocycles. The number of benzene rings is 2. The molecule has 0 aliphatic carbocycles. The lowest BCUT2D eigenvalue weighted by Gasteiger charge is -2.17. The number of nitrogens with one attached hydrogen (secondary N) is 2. The van der Waals surface area contributed by atoms with Crippen molar-refractivity contribution < 1.29 is 0 Å². The molecule has 0 amide bonds. The predicted octanol–water partition coefficient (Wildman–Crippen LogP) is 3.28. The van der Waals surface area contributed by atoms with E-state index in [2.05, 4.69) is 54.0 Å². The van der Waals surface area contributed by atoms with Gasteiger partial charge in [0.05, 0.1) is 0 Å². The fourth-order valence-corrected chi connectivity index (χ4v) is 2.35. The summed E-state index contributed by atoms with van der Waals surface area (Å²) < 4.78 is 0. The summed E-state index contributed by atoms with van der Waals surface area (Å²) in [5.74, 6) is 0. The van der Waals surface area contributed by atoms with Gasteiger partial charge in [-0.2, -0.15) is 0 Å². The standard InChI is InChI=1S/C17H20N2S/c1-14(12-15-8-4-2-5-9-15)19-17(20)18-13-16-10-6-3-7-11-16/h2-11,14H,12-13H2,1H3,(H2,18,19,20)/t14-/m1/s1. The predicted molar refractivity (Wildman–Crippen MR) is 88.6 cm³/mol. The minimum atomic E-state index is 0.313. The zero-order valence-electron chi connectivity index (χ0n) is 11.7. The normalized spacial score (nSPS) is 11.7. The first-order valence-electron chi connectivity index (χ1n) is 6.86. The molecule has 1 atom stereocenters. The van der Waals surface area contributed by atoms with Crippen LogP contribution in [0.15, 0.2) is 60.7 Å². The van der Waals surface area contributed by atoms with Crippen LogP contribution < -0.4 is 10.6 Å². The summed E-state index contributed by atoms with van der Waals surface area (Å²) in [6, 6.07) is 21.0. The minimum absolute atomic E-state index is 0.313. The van der Waals surface area contributed by atoms with Gasteiger partial charge < -0.3 is 10.6 Å². The summed E-state index contributed by atoms with van der Waals surface area (Å²) in [6.07, 6.45) is 0.966. The van der Waals surface area contributed by atoms with E-state index in [1.54, 1.807) is 0 Å². The Balaban J connectivity index is 1.74. The van der Waals surface area contributed by atoms with Crippen LogP contribution in [0, 0.1) is 0 Å². The molecule has 0 radical (unpaired) electrons. The maximum atomic E-state index is 5.32. The van der Waals surface area contributed by atoms with E-state index in [0.717, 1.165) is 13.0 Å². The van der Waals surface area contributed by atoms with Gasteiger partial charge in [0, 0.05) is 12.6 Å². The zero-order valence-corrected chi connectivity index (χ0v) is 12.5. The lowest BCUT2D eigenvalue weighted by molar-refractivity contribution is 0.649. The number of rotatable bonds is 5. The van der Waals surface area contributed by atoms with Crippen LogP contribution in [0.25, 0.3) is 0 Å². The molecule has 2 nitrogen and oxygen atoms in total. The molecule has 2 aromatic rings. The topological polar surface area (TPSA) is 24.1 Å². The quantitative estimate of drug-likeness (QED) is 0.824. The molecule has 0 unspecified atom stereocenters. The Kier molecular flexibility index (Phi) is 5.56. The van der Waals surface area contributed by atoms with Gasteiger partial charge in [-0.1, -0.05) is 60.7 Å². The van der Waals surface area contributed by atoms with Gasteiger partial charge in [-0.25, -0.2) is 0 Å². The monoisotopic (exact) mass is 284 g/mol. The van der Waals surface area contributed by atoms with Gasteiger partial charge in [0.15, 0.2) is 5.11 Å². The smallest absolute Gasteiger partial charge is 0.166 e. The summed E-state index contributed by atoms with van der Waals surface area (Å²) in [5, 5.41) is 7.26. The fourth-order valence-electron chi connectivity index (χ4n) is 2.07. The summed E-state index contributed by atoms with van der Waals surface area (Å²) in [5.41, 5.74) is 2.55. The van der Waals surface area contributed by atoms with Gasteiger partial charge in [-0.05, 0) is 36.7 Å². The highest BCUT2D eigenvalue weighted by molar-refractivity contribution is 7.80. The van der Waals surface area contributed by atoms with Crippen LogP contribution in [0.1, 0.15) is 18.1 Å². The zero-order chi connectivity index (χ0) is 14.2. The van der Waals surface area contributed by atoms with Gasteiger partial charge in [0.25, 0.3) is 0 Å². The average Bonchev–Trinajstić information content (AvgIpc) is 2.47. The highest BCUT2D eigenvalue weighted by atomic mass is 32.1. The third kappa shape index (κ3) is 5.02. The molecule has 2 aromatic carbocycles. The molecule has 2 N–H and O–H groups in total. The van der Waals surface area contributed by atoms with E-state index in [-0.39, 0.29) is 0 Å². The minimum Gasteiger partial charge on any atom is -0.360 e. The Bertz CT molecular complexity index is 525. The first-order chi connectivity index (χ1) is 9.74.